The summed E-state index contributed by atoms with van der Waals surface area (Å²) in [6, 6.07) is 7.65. The Bertz CT molecular complexity index is 700. The zero-order chi connectivity index (χ0) is 15.6. The molecule has 0 fully saturated rings. The molecule has 0 aliphatic rings. The Labute approximate surface area is 137 Å². The van der Waals surface area contributed by atoms with E-state index in [4.69, 9.17) is 11.6 Å². The summed E-state index contributed by atoms with van der Waals surface area (Å²) in [5.41, 5.74) is 1.57. The summed E-state index contributed by atoms with van der Waals surface area (Å²) in [5, 5.41) is 8.16. The number of hydrogen-bond acceptors (Lipinski definition) is 3. The van der Waals surface area contributed by atoms with Crippen LogP contribution in [0.3, 0.4) is 0 Å². The lowest BCUT2D eigenvalue weighted by Gasteiger charge is -2.18. The van der Waals surface area contributed by atoms with E-state index < -0.39 is 0 Å². The molecule has 0 aliphatic carbocycles. The van der Waals surface area contributed by atoms with Crippen LogP contribution in [-0.4, -0.2) is 9.78 Å². The van der Waals surface area contributed by atoms with E-state index in [-0.39, 0.29) is 17.6 Å². The Morgan fingerprint density at radius 2 is 2.05 bits per heavy atom. The van der Waals surface area contributed by atoms with Crippen LogP contribution in [0.25, 0.3) is 0 Å². The number of benzene rings is 1. The maximum atomic E-state index is 12.2. The van der Waals surface area contributed by atoms with Gasteiger partial charge in [-0.2, -0.15) is 5.10 Å². The summed E-state index contributed by atoms with van der Waals surface area (Å²) in [4.78, 5) is 12.2. The minimum Gasteiger partial charge on any atom is -0.376 e. The van der Waals surface area contributed by atoms with Gasteiger partial charge in [-0.15, -0.1) is 0 Å². The van der Waals surface area contributed by atoms with Crippen molar-refractivity contribution in [2.75, 3.05) is 5.32 Å². The highest BCUT2D eigenvalue weighted by Crippen LogP contribution is 2.25. The molecule has 1 N–H and O–H groups in total. The van der Waals surface area contributed by atoms with Crippen molar-refractivity contribution in [1.82, 2.24) is 9.78 Å². The first kappa shape index (κ1) is 16.0. The highest BCUT2D eigenvalue weighted by atomic mass is 79.9. The van der Waals surface area contributed by atoms with E-state index in [9.17, 15) is 4.79 Å². The molecule has 6 heteroatoms. The fourth-order valence-electron chi connectivity index (χ4n) is 2.01. The highest BCUT2D eigenvalue weighted by Gasteiger charge is 2.13. The Hall–Kier alpha value is -1.33. The van der Waals surface area contributed by atoms with Crippen molar-refractivity contribution in [3.05, 3.63) is 55.9 Å². The van der Waals surface area contributed by atoms with Crippen molar-refractivity contribution in [3.63, 3.8) is 0 Å². The second kappa shape index (κ2) is 6.62. The fraction of sp³-hybridized carbons (Fsp3) is 0.333. The Kier molecular flexibility index (Phi) is 5.06. The summed E-state index contributed by atoms with van der Waals surface area (Å²) < 4.78 is 1.93. The first-order valence-corrected chi connectivity index (χ1v) is 7.86. The van der Waals surface area contributed by atoms with E-state index in [0.717, 1.165) is 5.56 Å². The highest BCUT2D eigenvalue weighted by molar-refractivity contribution is 9.10. The van der Waals surface area contributed by atoms with Crippen molar-refractivity contribution < 1.29 is 0 Å². The second-order valence-corrected chi connectivity index (χ2v) is 6.37. The topological polar surface area (TPSA) is 46.9 Å². The number of aromatic nitrogens is 2. The van der Waals surface area contributed by atoms with Gasteiger partial charge in [0.25, 0.3) is 5.56 Å². The number of hydrogen-bond donors (Lipinski definition) is 1. The van der Waals surface area contributed by atoms with Crippen molar-refractivity contribution >= 4 is 33.2 Å². The summed E-state index contributed by atoms with van der Waals surface area (Å²) in [6.45, 7) is 5.84. The van der Waals surface area contributed by atoms with Crippen LogP contribution >= 0.6 is 27.5 Å². The molecule has 2 rings (SSSR count). The zero-order valence-electron chi connectivity index (χ0n) is 12.1. The largest absolute Gasteiger partial charge is 0.376 e. The molecule has 1 aromatic carbocycles. The molecular formula is C15H17BrClN3O. The summed E-state index contributed by atoms with van der Waals surface area (Å²) in [5.74, 6) is 0. The first-order chi connectivity index (χ1) is 9.90. The molecule has 0 amide bonds. The fourth-order valence-corrected chi connectivity index (χ4v) is 2.60. The van der Waals surface area contributed by atoms with Gasteiger partial charge in [-0.25, -0.2) is 4.68 Å². The van der Waals surface area contributed by atoms with E-state index in [2.05, 4.69) is 26.3 Å². The number of anilines is 1. The molecule has 0 radical (unpaired) electrons. The van der Waals surface area contributed by atoms with E-state index >= 15 is 0 Å². The molecule has 0 saturated carbocycles. The minimum atomic E-state index is -0.145. The van der Waals surface area contributed by atoms with Gasteiger partial charge in [0.05, 0.1) is 17.9 Å². The van der Waals surface area contributed by atoms with Crippen LogP contribution in [-0.2, 0) is 0 Å². The lowest BCUT2D eigenvalue weighted by molar-refractivity contribution is 0.501. The normalized spacial score (nSPS) is 12.5. The SMILES string of the molecule is CC(Nc1cnn(C(C)C)c(=O)c1Br)c1cccc(Cl)c1. The quantitative estimate of drug-likeness (QED) is 0.867. The van der Waals surface area contributed by atoms with Crippen molar-refractivity contribution in [2.24, 2.45) is 0 Å². The van der Waals surface area contributed by atoms with Crippen molar-refractivity contribution in [3.8, 4) is 0 Å². The molecule has 1 unspecified atom stereocenters. The predicted molar refractivity (Wildman–Crippen MR) is 90.1 cm³/mol. The summed E-state index contributed by atoms with van der Waals surface area (Å²) in [6.07, 6.45) is 1.66. The molecule has 1 heterocycles. The van der Waals surface area contributed by atoms with Crippen LogP contribution < -0.4 is 10.9 Å². The lowest BCUT2D eigenvalue weighted by Crippen LogP contribution is -2.26. The van der Waals surface area contributed by atoms with Gasteiger partial charge in [-0.1, -0.05) is 23.7 Å². The minimum absolute atomic E-state index is 0.0103. The van der Waals surface area contributed by atoms with Crippen LogP contribution in [0.15, 0.2) is 39.7 Å². The standard InChI is InChI=1S/C15H17BrClN3O/c1-9(2)20-15(21)14(16)13(8-18-20)19-10(3)11-5-4-6-12(17)7-11/h4-10,19H,1-3H3. The molecule has 0 aliphatic heterocycles. The maximum Gasteiger partial charge on any atom is 0.283 e. The maximum absolute atomic E-state index is 12.2. The van der Waals surface area contributed by atoms with Crippen LogP contribution in [0.4, 0.5) is 5.69 Å². The molecule has 112 valence electrons. The second-order valence-electron chi connectivity index (χ2n) is 5.14. The Balaban J connectivity index is 2.28. The van der Waals surface area contributed by atoms with E-state index in [1.54, 1.807) is 6.20 Å². The Morgan fingerprint density at radius 1 is 1.33 bits per heavy atom. The van der Waals surface area contributed by atoms with Gasteiger partial charge in [-0.3, -0.25) is 4.79 Å². The first-order valence-electron chi connectivity index (χ1n) is 6.69. The molecule has 0 bridgehead atoms. The van der Waals surface area contributed by atoms with Gasteiger partial charge in [0.15, 0.2) is 0 Å². The summed E-state index contributed by atoms with van der Waals surface area (Å²) in [7, 11) is 0. The molecule has 0 saturated heterocycles. The van der Waals surface area contributed by atoms with E-state index in [0.29, 0.717) is 15.2 Å². The number of rotatable bonds is 4. The predicted octanol–water partition coefficient (Wildman–Crippen LogP) is 4.41. The third-order valence-electron chi connectivity index (χ3n) is 3.15. The average Bonchev–Trinajstić information content (AvgIpc) is 2.43. The number of nitrogens with zero attached hydrogens (tertiary/aromatic N) is 2. The van der Waals surface area contributed by atoms with Crippen LogP contribution in [0.1, 0.15) is 38.4 Å². The molecule has 1 atom stereocenters. The Morgan fingerprint density at radius 3 is 2.67 bits per heavy atom. The molecule has 0 spiro atoms. The van der Waals surface area contributed by atoms with Gasteiger partial charge in [0.2, 0.25) is 0 Å². The summed E-state index contributed by atoms with van der Waals surface area (Å²) >= 11 is 9.35. The third-order valence-corrected chi connectivity index (χ3v) is 4.15. The van der Waals surface area contributed by atoms with Gasteiger partial charge >= 0.3 is 0 Å². The number of nitrogens with one attached hydrogen (secondary N) is 1. The molecule has 21 heavy (non-hydrogen) atoms. The number of halogens is 2. The average molecular weight is 371 g/mol. The third kappa shape index (κ3) is 3.66. The monoisotopic (exact) mass is 369 g/mol. The van der Waals surface area contributed by atoms with Gasteiger partial charge in [-0.05, 0) is 54.4 Å². The molecule has 2 aromatic rings. The van der Waals surface area contributed by atoms with Gasteiger partial charge in [0.1, 0.15) is 4.47 Å². The van der Waals surface area contributed by atoms with Crippen molar-refractivity contribution in [2.45, 2.75) is 32.9 Å². The van der Waals surface area contributed by atoms with Crippen molar-refractivity contribution in [1.29, 1.82) is 0 Å². The van der Waals surface area contributed by atoms with E-state index in [1.165, 1.54) is 4.68 Å². The molecule has 1 aromatic heterocycles. The van der Waals surface area contributed by atoms with Gasteiger partial charge in [0, 0.05) is 11.1 Å². The lowest BCUT2D eigenvalue weighted by atomic mass is 10.1. The van der Waals surface area contributed by atoms with Crippen LogP contribution in [0.5, 0.6) is 0 Å². The smallest absolute Gasteiger partial charge is 0.283 e. The van der Waals surface area contributed by atoms with Gasteiger partial charge < -0.3 is 5.32 Å². The molecular weight excluding hydrogens is 354 g/mol. The van der Waals surface area contributed by atoms with Crippen LogP contribution in [0.2, 0.25) is 5.02 Å². The van der Waals surface area contributed by atoms with E-state index in [1.807, 2.05) is 45.0 Å². The van der Waals surface area contributed by atoms with Crippen LogP contribution in [0, 0.1) is 0 Å². The zero-order valence-corrected chi connectivity index (χ0v) is 14.4. The molecule has 4 nitrogen and oxygen atoms in total.